The van der Waals surface area contributed by atoms with E-state index in [9.17, 15) is 13.6 Å². The van der Waals surface area contributed by atoms with Crippen LogP contribution in [0, 0.1) is 17.6 Å². The van der Waals surface area contributed by atoms with Gasteiger partial charge in [-0.25, -0.2) is 8.78 Å². The maximum Gasteiger partial charge on any atom is 0.244 e. The Hall–Kier alpha value is -2.99. The molecule has 2 aliphatic rings. The molecule has 0 unspecified atom stereocenters. The Kier molecular flexibility index (Phi) is 6.77. The van der Waals surface area contributed by atoms with Crippen molar-refractivity contribution in [2.24, 2.45) is 5.92 Å². The van der Waals surface area contributed by atoms with Crippen LogP contribution in [0.1, 0.15) is 49.1 Å². The number of likely N-dealkylation sites (tertiary alicyclic amines) is 1. The van der Waals surface area contributed by atoms with Crippen molar-refractivity contribution < 1.29 is 13.6 Å². The molecule has 2 heterocycles. The Labute approximate surface area is 199 Å². The Bertz CT molecular complexity index is 1160. The number of aromatic amines is 1. The summed E-state index contributed by atoms with van der Waals surface area (Å²) in [5, 5.41) is 4.41. The topological polar surface area (TPSA) is 48.1 Å². The average molecular weight is 464 g/mol. The third-order valence-corrected chi connectivity index (χ3v) is 7.36. The molecule has 34 heavy (non-hydrogen) atoms. The highest BCUT2D eigenvalue weighted by atomic mass is 19.1. The molecular weight excluding hydrogens is 432 g/mol. The molecular formula is C28H31F2N3O. The van der Waals surface area contributed by atoms with Crippen molar-refractivity contribution in [3.05, 3.63) is 77.5 Å². The highest BCUT2D eigenvalue weighted by Gasteiger charge is 2.29. The fourth-order valence-electron chi connectivity index (χ4n) is 5.69. The monoisotopic (exact) mass is 463 g/mol. The lowest BCUT2D eigenvalue weighted by Crippen LogP contribution is -2.37. The van der Waals surface area contributed by atoms with Crippen LogP contribution < -0.4 is 5.32 Å². The van der Waals surface area contributed by atoms with Crippen molar-refractivity contribution in [2.45, 2.75) is 44.1 Å². The highest BCUT2D eigenvalue weighted by molar-refractivity contribution is 5.91. The number of halogens is 2. The van der Waals surface area contributed by atoms with Crippen molar-refractivity contribution in [2.75, 3.05) is 19.6 Å². The van der Waals surface area contributed by atoms with Gasteiger partial charge in [0.2, 0.25) is 5.91 Å². The van der Waals surface area contributed by atoms with Gasteiger partial charge in [0.1, 0.15) is 11.6 Å². The van der Waals surface area contributed by atoms with Crippen LogP contribution in [0.4, 0.5) is 8.78 Å². The zero-order chi connectivity index (χ0) is 23.5. The number of piperidine rings is 1. The summed E-state index contributed by atoms with van der Waals surface area (Å²) in [6.45, 7) is 3.32. The number of carbonyl (C=O) groups is 1. The van der Waals surface area contributed by atoms with E-state index in [1.165, 1.54) is 53.6 Å². The summed E-state index contributed by atoms with van der Waals surface area (Å²) in [5.74, 6) is -0.305. The molecule has 2 N–H and O–H groups in total. The van der Waals surface area contributed by atoms with E-state index in [2.05, 4.69) is 45.7 Å². The molecule has 0 radical (unpaired) electrons. The molecule has 1 aromatic heterocycles. The van der Waals surface area contributed by atoms with Gasteiger partial charge in [-0.3, -0.25) is 4.79 Å². The number of carbonyl (C=O) groups excluding carboxylic acids is 1. The van der Waals surface area contributed by atoms with Gasteiger partial charge in [-0.2, -0.15) is 0 Å². The molecule has 1 saturated carbocycles. The minimum absolute atomic E-state index is 0.162. The third kappa shape index (κ3) is 5.39. The van der Waals surface area contributed by atoms with Crippen LogP contribution in [-0.2, 0) is 4.79 Å². The molecule has 178 valence electrons. The SMILES string of the molecule is O=C(/C=C/c1cc(F)cc(F)c1)N[C@@H]1CC[C@H](CN2CCC(c3c[nH]c4ccccc34)CC2)C1. The lowest BCUT2D eigenvalue weighted by Gasteiger charge is -2.33. The molecule has 4 nitrogen and oxygen atoms in total. The van der Waals surface area contributed by atoms with Gasteiger partial charge in [0, 0.05) is 41.8 Å². The zero-order valence-corrected chi connectivity index (χ0v) is 19.3. The molecule has 3 aromatic rings. The van der Waals surface area contributed by atoms with Crippen LogP contribution in [0.2, 0.25) is 0 Å². The standard InChI is InChI=1S/C28H31F2N3O/c29-22-13-19(14-23(30)16-22)6-8-28(34)32-24-7-5-20(15-24)18-33-11-9-21(10-12-33)26-17-31-27-4-2-1-3-25(26)27/h1-4,6,8,13-14,16-17,20-21,24,31H,5,7,9-12,15,18H2,(H,32,34)/b8-6+/t20-,24+/m0/s1. The fourth-order valence-corrected chi connectivity index (χ4v) is 5.69. The van der Waals surface area contributed by atoms with E-state index in [0.717, 1.165) is 45.0 Å². The summed E-state index contributed by atoms with van der Waals surface area (Å²) in [4.78, 5) is 18.3. The Morgan fingerprint density at radius 2 is 1.82 bits per heavy atom. The van der Waals surface area contributed by atoms with E-state index in [1.54, 1.807) is 0 Å². The largest absolute Gasteiger partial charge is 0.361 e. The van der Waals surface area contributed by atoms with E-state index in [0.29, 0.717) is 17.4 Å². The Balaban J connectivity index is 1.07. The number of benzene rings is 2. The van der Waals surface area contributed by atoms with Crippen LogP contribution in [0.15, 0.2) is 54.7 Å². The Morgan fingerprint density at radius 3 is 2.62 bits per heavy atom. The second-order valence-electron chi connectivity index (χ2n) is 9.79. The van der Waals surface area contributed by atoms with Gasteiger partial charge in [-0.1, -0.05) is 18.2 Å². The third-order valence-electron chi connectivity index (χ3n) is 7.36. The van der Waals surface area contributed by atoms with Gasteiger partial charge in [0.15, 0.2) is 0 Å². The van der Waals surface area contributed by atoms with Crippen LogP contribution >= 0.6 is 0 Å². The van der Waals surface area contributed by atoms with E-state index in [-0.39, 0.29) is 11.9 Å². The minimum Gasteiger partial charge on any atom is -0.361 e. The second kappa shape index (κ2) is 10.1. The van der Waals surface area contributed by atoms with E-state index in [4.69, 9.17) is 0 Å². The number of aromatic nitrogens is 1. The molecule has 0 bridgehead atoms. The van der Waals surface area contributed by atoms with Crippen LogP contribution in [0.5, 0.6) is 0 Å². The first-order valence-corrected chi connectivity index (χ1v) is 12.3. The van der Waals surface area contributed by atoms with Gasteiger partial charge in [-0.15, -0.1) is 0 Å². The second-order valence-corrected chi connectivity index (χ2v) is 9.79. The lowest BCUT2D eigenvalue weighted by atomic mass is 9.89. The first-order valence-electron chi connectivity index (χ1n) is 12.3. The molecule has 2 aromatic carbocycles. The van der Waals surface area contributed by atoms with Crippen LogP contribution in [-0.4, -0.2) is 41.5 Å². The van der Waals surface area contributed by atoms with Crippen LogP contribution in [0.25, 0.3) is 17.0 Å². The molecule has 5 rings (SSSR count). The molecule has 2 fully saturated rings. The van der Waals surface area contributed by atoms with Crippen LogP contribution in [0.3, 0.4) is 0 Å². The number of nitrogens with one attached hydrogen (secondary N) is 2. The molecule has 1 aliphatic carbocycles. The molecule has 0 spiro atoms. The quantitative estimate of drug-likeness (QED) is 0.466. The summed E-state index contributed by atoms with van der Waals surface area (Å²) < 4.78 is 26.6. The van der Waals surface area contributed by atoms with Crippen molar-refractivity contribution in [3.63, 3.8) is 0 Å². The maximum atomic E-state index is 13.3. The number of amides is 1. The number of fused-ring (bicyclic) bond motifs is 1. The van der Waals surface area contributed by atoms with Gasteiger partial charge < -0.3 is 15.2 Å². The summed E-state index contributed by atoms with van der Waals surface area (Å²) in [5.41, 5.74) is 3.01. The summed E-state index contributed by atoms with van der Waals surface area (Å²) in [6.07, 6.45) is 10.4. The number of nitrogens with zero attached hydrogens (tertiary/aromatic N) is 1. The van der Waals surface area contributed by atoms with E-state index >= 15 is 0 Å². The predicted octanol–water partition coefficient (Wildman–Crippen LogP) is 5.62. The predicted molar refractivity (Wildman–Crippen MR) is 131 cm³/mol. The van der Waals surface area contributed by atoms with Crippen molar-refractivity contribution in [3.8, 4) is 0 Å². The maximum absolute atomic E-state index is 13.3. The van der Waals surface area contributed by atoms with E-state index in [1.807, 2.05) is 0 Å². The molecule has 1 amide bonds. The lowest BCUT2D eigenvalue weighted by molar-refractivity contribution is -0.117. The molecule has 1 saturated heterocycles. The number of hydrogen-bond donors (Lipinski definition) is 2. The highest BCUT2D eigenvalue weighted by Crippen LogP contribution is 2.34. The number of para-hydroxylation sites is 1. The van der Waals surface area contributed by atoms with Crippen molar-refractivity contribution in [1.29, 1.82) is 0 Å². The zero-order valence-electron chi connectivity index (χ0n) is 19.3. The molecule has 2 atom stereocenters. The first-order chi connectivity index (χ1) is 16.5. The first kappa shape index (κ1) is 22.8. The van der Waals surface area contributed by atoms with Gasteiger partial charge >= 0.3 is 0 Å². The van der Waals surface area contributed by atoms with Gasteiger partial charge in [0.25, 0.3) is 0 Å². The summed E-state index contributed by atoms with van der Waals surface area (Å²) >= 11 is 0. The minimum atomic E-state index is -0.649. The number of rotatable bonds is 6. The fraction of sp³-hybridized carbons (Fsp3) is 0.393. The van der Waals surface area contributed by atoms with Gasteiger partial charge in [0.05, 0.1) is 0 Å². The average Bonchev–Trinajstić information content (AvgIpc) is 3.44. The smallest absolute Gasteiger partial charge is 0.244 e. The van der Waals surface area contributed by atoms with E-state index < -0.39 is 11.6 Å². The number of H-pyrrole nitrogens is 1. The molecule has 1 aliphatic heterocycles. The van der Waals surface area contributed by atoms with Gasteiger partial charge in [-0.05, 0) is 92.4 Å². The number of hydrogen-bond acceptors (Lipinski definition) is 2. The molecule has 6 heteroatoms. The summed E-state index contributed by atoms with van der Waals surface area (Å²) in [7, 11) is 0. The Morgan fingerprint density at radius 1 is 1.06 bits per heavy atom. The van der Waals surface area contributed by atoms with Crippen molar-refractivity contribution >= 4 is 22.9 Å². The van der Waals surface area contributed by atoms with Crippen molar-refractivity contribution in [1.82, 2.24) is 15.2 Å². The summed E-state index contributed by atoms with van der Waals surface area (Å²) in [6, 6.07) is 11.9. The normalized spacial score (nSPS) is 22.1.